The SMILES string of the molecule is CCn1nnc2cc(C(=O)NCCCOC(C)C)ccc21. The molecule has 21 heavy (non-hydrogen) atoms. The van der Waals surface area contributed by atoms with Crippen molar-refractivity contribution >= 4 is 16.9 Å². The molecule has 1 amide bonds. The lowest BCUT2D eigenvalue weighted by Gasteiger charge is -2.08. The highest BCUT2D eigenvalue weighted by Crippen LogP contribution is 2.13. The van der Waals surface area contributed by atoms with Crippen molar-refractivity contribution < 1.29 is 9.53 Å². The van der Waals surface area contributed by atoms with Gasteiger partial charge in [-0.15, -0.1) is 5.10 Å². The fourth-order valence-corrected chi connectivity index (χ4v) is 2.04. The number of nitrogens with one attached hydrogen (secondary N) is 1. The maximum Gasteiger partial charge on any atom is 0.251 e. The zero-order valence-corrected chi connectivity index (χ0v) is 12.8. The second-order valence-corrected chi connectivity index (χ2v) is 5.14. The highest BCUT2D eigenvalue weighted by atomic mass is 16.5. The summed E-state index contributed by atoms with van der Waals surface area (Å²) in [5.74, 6) is -0.0903. The summed E-state index contributed by atoms with van der Waals surface area (Å²) in [7, 11) is 0. The van der Waals surface area contributed by atoms with Crippen molar-refractivity contribution in [3.05, 3.63) is 23.8 Å². The molecule has 1 N–H and O–H groups in total. The van der Waals surface area contributed by atoms with E-state index >= 15 is 0 Å². The van der Waals surface area contributed by atoms with Crippen LogP contribution in [0.5, 0.6) is 0 Å². The summed E-state index contributed by atoms with van der Waals surface area (Å²) in [6.45, 7) is 8.02. The van der Waals surface area contributed by atoms with E-state index < -0.39 is 0 Å². The van der Waals surface area contributed by atoms with Crippen molar-refractivity contribution in [3.8, 4) is 0 Å². The van der Waals surface area contributed by atoms with Gasteiger partial charge in [0.15, 0.2) is 0 Å². The number of hydrogen-bond acceptors (Lipinski definition) is 4. The lowest BCUT2D eigenvalue weighted by Crippen LogP contribution is -2.25. The van der Waals surface area contributed by atoms with Gasteiger partial charge in [-0.1, -0.05) is 5.21 Å². The first-order valence-corrected chi connectivity index (χ1v) is 7.35. The Morgan fingerprint density at radius 3 is 2.95 bits per heavy atom. The van der Waals surface area contributed by atoms with Gasteiger partial charge in [0, 0.05) is 25.3 Å². The average molecular weight is 290 g/mol. The van der Waals surface area contributed by atoms with Gasteiger partial charge >= 0.3 is 0 Å². The molecule has 6 nitrogen and oxygen atoms in total. The number of carbonyl (C=O) groups excluding carboxylic acids is 1. The Hall–Kier alpha value is -1.95. The molecule has 114 valence electrons. The van der Waals surface area contributed by atoms with Crippen LogP contribution in [0.25, 0.3) is 11.0 Å². The molecule has 0 aliphatic heterocycles. The largest absolute Gasteiger partial charge is 0.379 e. The number of hydrogen-bond donors (Lipinski definition) is 1. The summed E-state index contributed by atoms with van der Waals surface area (Å²) in [5.41, 5.74) is 2.29. The predicted molar refractivity (Wildman–Crippen MR) is 81.2 cm³/mol. The van der Waals surface area contributed by atoms with Gasteiger partial charge in [-0.3, -0.25) is 4.79 Å². The van der Waals surface area contributed by atoms with E-state index in [-0.39, 0.29) is 12.0 Å². The molecule has 0 unspecified atom stereocenters. The first-order valence-electron chi connectivity index (χ1n) is 7.35. The highest BCUT2D eigenvalue weighted by Gasteiger charge is 2.09. The molecule has 0 aliphatic carbocycles. The second-order valence-electron chi connectivity index (χ2n) is 5.14. The third-order valence-corrected chi connectivity index (χ3v) is 3.13. The van der Waals surface area contributed by atoms with Crippen LogP contribution in [-0.2, 0) is 11.3 Å². The van der Waals surface area contributed by atoms with Crippen molar-refractivity contribution in [2.24, 2.45) is 0 Å². The molecule has 2 aromatic rings. The number of nitrogens with zero attached hydrogens (tertiary/aromatic N) is 3. The summed E-state index contributed by atoms with van der Waals surface area (Å²) >= 11 is 0. The second kappa shape index (κ2) is 7.17. The van der Waals surface area contributed by atoms with Crippen molar-refractivity contribution in [2.75, 3.05) is 13.2 Å². The molecule has 0 saturated carbocycles. The van der Waals surface area contributed by atoms with Crippen molar-refractivity contribution in [1.29, 1.82) is 0 Å². The molecule has 0 saturated heterocycles. The smallest absolute Gasteiger partial charge is 0.251 e. The molecule has 0 bridgehead atoms. The third-order valence-electron chi connectivity index (χ3n) is 3.13. The molecule has 1 aromatic carbocycles. The molecule has 1 aromatic heterocycles. The van der Waals surface area contributed by atoms with Crippen LogP contribution in [0.1, 0.15) is 37.6 Å². The normalized spacial score (nSPS) is 11.2. The van der Waals surface area contributed by atoms with E-state index in [0.717, 1.165) is 24.0 Å². The zero-order valence-electron chi connectivity index (χ0n) is 12.8. The lowest BCUT2D eigenvalue weighted by molar-refractivity contribution is 0.0757. The van der Waals surface area contributed by atoms with E-state index in [1.54, 1.807) is 16.8 Å². The van der Waals surface area contributed by atoms with E-state index in [1.807, 2.05) is 26.8 Å². The standard InChI is InChI=1S/C15H22N4O2/c1-4-19-14-7-6-12(10-13(14)17-18-19)15(20)16-8-5-9-21-11(2)3/h6-7,10-11H,4-5,8-9H2,1-3H3,(H,16,20). The Kier molecular flexibility index (Phi) is 5.27. The van der Waals surface area contributed by atoms with Gasteiger partial charge in [0.05, 0.1) is 11.6 Å². The molecule has 0 atom stereocenters. The van der Waals surface area contributed by atoms with Crippen LogP contribution in [0, 0.1) is 0 Å². The third kappa shape index (κ3) is 4.01. The Bertz CT molecular complexity index is 607. The molecular formula is C15H22N4O2. The number of aromatic nitrogens is 3. The van der Waals surface area contributed by atoms with Gasteiger partial charge in [0.25, 0.3) is 5.91 Å². The van der Waals surface area contributed by atoms with Crippen LogP contribution in [-0.4, -0.2) is 40.2 Å². The van der Waals surface area contributed by atoms with Crippen LogP contribution in [0.15, 0.2) is 18.2 Å². The molecular weight excluding hydrogens is 268 g/mol. The minimum atomic E-state index is -0.0903. The van der Waals surface area contributed by atoms with Crippen LogP contribution in [0.2, 0.25) is 0 Å². The monoisotopic (exact) mass is 290 g/mol. The molecule has 6 heteroatoms. The van der Waals surface area contributed by atoms with Gasteiger partial charge in [-0.2, -0.15) is 0 Å². The predicted octanol–water partition coefficient (Wildman–Crippen LogP) is 2.00. The highest BCUT2D eigenvalue weighted by molar-refractivity contribution is 5.97. The van der Waals surface area contributed by atoms with Crippen molar-refractivity contribution in [2.45, 2.75) is 39.8 Å². The summed E-state index contributed by atoms with van der Waals surface area (Å²) in [4.78, 5) is 12.1. The first kappa shape index (κ1) is 15.4. The molecule has 2 rings (SSSR count). The van der Waals surface area contributed by atoms with Crippen molar-refractivity contribution in [3.63, 3.8) is 0 Å². The average Bonchev–Trinajstić information content (AvgIpc) is 2.88. The molecule has 0 fully saturated rings. The fraction of sp³-hybridized carbons (Fsp3) is 0.533. The summed E-state index contributed by atoms with van der Waals surface area (Å²) in [6, 6.07) is 5.46. The van der Waals surface area contributed by atoms with Gasteiger partial charge in [0.2, 0.25) is 0 Å². The van der Waals surface area contributed by atoms with Crippen LogP contribution in [0.4, 0.5) is 0 Å². The molecule has 0 radical (unpaired) electrons. The summed E-state index contributed by atoms with van der Waals surface area (Å²) in [6.07, 6.45) is 1.03. The minimum Gasteiger partial charge on any atom is -0.379 e. The maximum absolute atomic E-state index is 12.1. The number of rotatable bonds is 7. The number of carbonyl (C=O) groups is 1. The summed E-state index contributed by atoms with van der Waals surface area (Å²) in [5, 5.41) is 11.0. The molecule has 0 spiro atoms. The Labute approximate surface area is 124 Å². The van der Waals surface area contributed by atoms with Crippen LogP contribution < -0.4 is 5.32 Å². The first-order chi connectivity index (χ1) is 10.1. The van der Waals surface area contributed by atoms with Gasteiger partial charge in [-0.25, -0.2) is 4.68 Å². The fourth-order valence-electron chi connectivity index (χ4n) is 2.04. The number of amides is 1. The maximum atomic E-state index is 12.1. The van der Waals surface area contributed by atoms with E-state index in [2.05, 4.69) is 15.6 Å². The minimum absolute atomic E-state index is 0.0903. The van der Waals surface area contributed by atoms with Gasteiger partial charge < -0.3 is 10.1 Å². The number of aryl methyl sites for hydroxylation is 1. The Morgan fingerprint density at radius 1 is 1.43 bits per heavy atom. The summed E-state index contributed by atoms with van der Waals surface area (Å²) < 4.78 is 7.24. The lowest BCUT2D eigenvalue weighted by atomic mass is 10.2. The molecule has 0 aliphatic rings. The van der Waals surface area contributed by atoms with Crippen molar-refractivity contribution in [1.82, 2.24) is 20.3 Å². The van der Waals surface area contributed by atoms with E-state index in [0.29, 0.717) is 18.7 Å². The molecule has 1 heterocycles. The van der Waals surface area contributed by atoms with Gasteiger partial charge in [0.1, 0.15) is 5.52 Å². The quantitative estimate of drug-likeness (QED) is 0.792. The van der Waals surface area contributed by atoms with E-state index in [4.69, 9.17) is 4.74 Å². The van der Waals surface area contributed by atoms with Crippen LogP contribution >= 0.6 is 0 Å². The topological polar surface area (TPSA) is 69.0 Å². The van der Waals surface area contributed by atoms with E-state index in [1.165, 1.54) is 0 Å². The Morgan fingerprint density at radius 2 is 2.24 bits per heavy atom. The van der Waals surface area contributed by atoms with Crippen LogP contribution in [0.3, 0.4) is 0 Å². The number of ether oxygens (including phenoxy) is 1. The number of fused-ring (bicyclic) bond motifs is 1. The van der Waals surface area contributed by atoms with E-state index in [9.17, 15) is 4.79 Å². The zero-order chi connectivity index (χ0) is 15.2. The number of benzene rings is 1. The van der Waals surface area contributed by atoms with Gasteiger partial charge in [-0.05, 0) is 45.4 Å². The Balaban J connectivity index is 1.90.